The average molecular weight is 401 g/mol. The number of imidazole rings is 1. The first-order valence-electron chi connectivity index (χ1n) is 9.71. The summed E-state index contributed by atoms with van der Waals surface area (Å²) in [6.45, 7) is 0. The zero-order valence-corrected chi connectivity index (χ0v) is 16.6. The van der Waals surface area contributed by atoms with E-state index in [1.54, 1.807) is 6.20 Å². The number of carbonyl (C=O) groups excluding carboxylic acids is 1. The summed E-state index contributed by atoms with van der Waals surface area (Å²) in [6.07, 6.45) is 5.19. The van der Waals surface area contributed by atoms with Crippen LogP contribution in [-0.2, 0) is 17.6 Å². The number of aryl methyl sites for hydroxylation is 2. The van der Waals surface area contributed by atoms with E-state index in [-0.39, 0.29) is 5.91 Å². The Kier molecular flexibility index (Phi) is 4.77. The number of H-pyrrole nitrogens is 1. The number of nitrogens with one attached hydrogen (secondary N) is 2. The van der Waals surface area contributed by atoms with E-state index in [1.165, 1.54) is 29.3 Å². The second kappa shape index (κ2) is 7.72. The minimum Gasteiger partial charge on any atom is -0.338 e. The van der Waals surface area contributed by atoms with E-state index < -0.39 is 0 Å². The third-order valence-corrected chi connectivity index (χ3v) is 6.14. The third-order valence-electron chi connectivity index (χ3n) is 5.14. The lowest BCUT2D eigenvalue weighted by molar-refractivity contribution is -0.113. The van der Waals surface area contributed by atoms with Gasteiger partial charge in [0.1, 0.15) is 10.9 Å². The van der Waals surface area contributed by atoms with E-state index in [4.69, 9.17) is 0 Å². The van der Waals surface area contributed by atoms with Crippen molar-refractivity contribution in [3.63, 3.8) is 0 Å². The molecule has 4 aromatic rings. The van der Waals surface area contributed by atoms with Crippen molar-refractivity contribution in [3.05, 3.63) is 71.9 Å². The highest BCUT2D eigenvalue weighted by Crippen LogP contribution is 2.29. The summed E-state index contributed by atoms with van der Waals surface area (Å²) in [4.78, 5) is 25.0. The number of hydrogen-bond acceptors (Lipinski definition) is 4. The minimum absolute atomic E-state index is 0.0332. The van der Waals surface area contributed by atoms with Crippen molar-refractivity contribution < 1.29 is 4.79 Å². The summed E-state index contributed by atoms with van der Waals surface area (Å²) in [5.74, 6) is 1.02. The Labute approximate surface area is 173 Å². The Balaban J connectivity index is 1.30. The first-order valence-corrected chi connectivity index (χ1v) is 10.7. The normalized spacial score (nSPS) is 12.8. The fourth-order valence-electron chi connectivity index (χ4n) is 3.75. The molecule has 2 aromatic heterocycles. The van der Waals surface area contributed by atoms with Gasteiger partial charge in [-0.15, -0.1) is 0 Å². The lowest BCUT2D eigenvalue weighted by atomic mass is 10.1. The Bertz CT molecular complexity index is 1170. The van der Waals surface area contributed by atoms with Crippen molar-refractivity contribution in [2.24, 2.45) is 0 Å². The van der Waals surface area contributed by atoms with Gasteiger partial charge < -0.3 is 10.3 Å². The lowest BCUT2D eigenvalue weighted by Gasteiger charge is -2.08. The monoisotopic (exact) mass is 400 g/mol. The van der Waals surface area contributed by atoms with E-state index >= 15 is 0 Å². The molecule has 144 valence electrons. The standard InChI is InChI=1S/C23H20N4OS/c28-21(25-17-11-10-15-5-3-6-16(15)13-17)14-29-23-18(7-4-12-24-23)22-26-19-8-1-2-9-20(19)27-22/h1-2,4,7-13H,3,5-6,14H2,(H,25,28)(H,26,27). The van der Waals surface area contributed by atoms with Gasteiger partial charge in [-0.1, -0.05) is 30.0 Å². The molecule has 0 unspecified atom stereocenters. The van der Waals surface area contributed by atoms with Gasteiger partial charge in [-0.2, -0.15) is 0 Å². The summed E-state index contributed by atoms with van der Waals surface area (Å²) in [7, 11) is 0. The molecular weight excluding hydrogens is 380 g/mol. The van der Waals surface area contributed by atoms with Crippen molar-refractivity contribution in [2.75, 3.05) is 11.1 Å². The fourth-order valence-corrected chi connectivity index (χ4v) is 4.54. The SMILES string of the molecule is O=C(CSc1ncccc1-c1nc2ccccc2[nH]1)Nc1ccc2c(c1)CCC2. The third kappa shape index (κ3) is 3.76. The maximum atomic E-state index is 12.5. The number of hydrogen-bond donors (Lipinski definition) is 2. The molecule has 6 heteroatoms. The van der Waals surface area contributed by atoms with Gasteiger partial charge in [0.05, 0.1) is 16.8 Å². The van der Waals surface area contributed by atoms with Crippen LogP contribution in [0.1, 0.15) is 17.5 Å². The van der Waals surface area contributed by atoms with Gasteiger partial charge in [0.15, 0.2) is 0 Å². The molecule has 1 amide bonds. The molecule has 0 radical (unpaired) electrons. The predicted octanol–water partition coefficient (Wildman–Crippen LogP) is 4.84. The number of amides is 1. The molecule has 1 aliphatic rings. The number of aromatic nitrogens is 3. The van der Waals surface area contributed by atoms with Gasteiger partial charge in [-0.3, -0.25) is 4.79 Å². The van der Waals surface area contributed by atoms with E-state index in [1.807, 2.05) is 42.5 Å². The Hall–Kier alpha value is -3.12. The molecule has 0 aliphatic heterocycles. The maximum absolute atomic E-state index is 12.5. The van der Waals surface area contributed by atoms with E-state index in [0.717, 1.165) is 46.0 Å². The maximum Gasteiger partial charge on any atom is 0.234 e. The first kappa shape index (κ1) is 17.9. The number of carbonyl (C=O) groups is 1. The molecule has 1 aliphatic carbocycles. The van der Waals surface area contributed by atoms with Crippen LogP contribution in [0, 0.1) is 0 Å². The highest BCUT2D eigenvalue weighted by Gasteiger charge is 2.14. The molecule has 2 N–H and O–H groups in total. The second-order valence-corrected chi connectivity index (χ2v) is 8.10. The number of nitrogens with zero attached hydrogens (tertiary/aromatic N) is 2. The van der Waals surface area contributed by atoms with Crippen LogP contribution >= 0.6 is 11.8 Å². The second-order valence-electron chi connectivity index (χ2n) is 7.13. The van der Waals surface area contributed by atoms with Gasteiger partial charge in [-0.05, 0) is 66.8 Å². The summed E-state index contributed by atoms with van der Waals surface area (Å²) >= 11 is 1.42. The van der Waals surface area contributed by atoms with Crippen molar-refractivity contribution >= 4 is 34.4 Å². The van der Waals surface area contributed by atoms with Gasteiger partial charge in [0, 0.05) is 17.4 Å². The van der Waals surface area contributed by atoms with Crippen molar-refractivity contribution in [1.29, 1.82) is 0 Å². The Morgan fingerprint density at radius 3 is 2.90 bits per heavy atom. The molecule has 0 saturated heterocycles. The van der Waals surface area contributed by atoms with Crippen LogP contribution in [0.25, 0.3) is 22.4 Å². The van der Waals surface area contributed by atoms with Crippen LogP contribution in [-0.4, -0.2) is 26.6 Å². The number of para-hydroxylation sites is 2. The highest BCUT2D eigenvalue weighted by molar-refractivity contribution is 8.00. The van der Waals surface area contributed by atoms with Crippen LogP contribution < -0.4 is 5.32 Å². The topological polar surface area (TPSA) is 70.7 Å². The number of pyridine rings is 1. The van der Waals surface area contributed by atoms with Crippen LogP contribution in [0.2, 0.25) is 0 Å². The number of rotatable bonds is 5. The molecule has 5 nitrogen and oxygen atoms in total. The smallest absolute Gasteiger partial charge is 0.234 e. The zero-order chi connectivity index (χ0) is 19.6. The number of anilines is 1. The highest BCUT2D eigenvalue weighted by atomic mass is 32.2. The number of aromatic amines is 1. The van der Waals surface area contributed by atoms with Crippen LogP contribution in [0.15, 0.2) is 65.8 Å². The van der Waals surface area contributed by atoms with Crippen molar-refractivity contribution in [2.45, 2.75) is 24.3 Å². The minimum atomic E-state index is -0.0332. The van der Waals surface area contributed by atoms with Crippen LogP contribution in [0.3, 0.4) is 0 Å². The Morgan fingerprint density at radius 2 is 1.97 bits per heavy atom. The first-order chi connectivity index (χ1) is 14.3. The summed E-state index contributed by atoms with van der Waals surface area (Å²) in [6, 6.07) is 18.0. The zero-order valence-electron chi connectivity index (χ0n) is 15.8. The van der Waals surface area contributed by atoms with E-state index in [0.29, 0.717) is 5.75 Å². The van der Waals surface area contributed by atoms with Gasteiger partial charge in [0.25, 0.3) is 0 Å². The molecule has 29 heavy (non-hydrogen) atoms. The quantitative estimate of drug-likeness (QED) is 0.470. The van der Waals surface area contributed by atoms with Crippen molar-refractivity contribution in [3.8, 4) is 11.4 Å². The largest absolute Gasteiger partial charge is 0.338 e. The van der Waals surface area contributed by atoms with Gasteiger partial charge >= 0.3 is 0 Å². The number of thioether (sulfide) groups is 1. The fraction of sp³-hybridized carbons (Fsp3) is 0.174. The molecule has 0 saturated carbocycles. The number of fused-ring (bicyclic) bond motifs is 2. The molecule has 0 spiro atoms. The van der Waals surface area contributed by atoms with E-state index in [2.05, 4.69) is 32.4 Å². The van der Waals surface area contributed by atoms with Gasteiger partial charge in [-0.25, -0.2) is 9.97 Å². The van der Waals surface area contributed by atoms with Crippen LogP contribution in [0.5, 0.6) is 0 Å². The molecule has 0 bridgehead atoms. The van der Waals surface area contributed by atoms with Crippen LogP contribution in [0.4, 0.5) is 5.69 Å². The molecule has 2 heterocycles. The van der Waals surface area contributed by atoms with E-state index in [9.17, 15) is 4.79 Å². The molecular formula is C23H20N4OS. The Morgan fingerprint density at radius 1 is 1.07 bits per heavy atom. The molecule has 0 fully saturated rings. The molecule has 5 rings (SSSR count). The molecule has 0 atom stereocenters. The predicted molar refractivity (Wildman–Crippen MR) is 117 cm³/mol. The van der Waals surface area contributed by atoms with Gasteiger partial charge in [0.2, 0.25) is 5.91 Å². The lowest BCUT2D eigenvalue weighted by Crippen LogP contribution is -2.14. The molecule has 2 aromatic carbocycles. The summed E-state index contributed by atoms with van der Waals surface area (Å²) in [5.41, 5.74) is 6.43. The average Bonchev–Trinajstić information content (AvgIpc) is 3.38. The summed E-state index contributed by atoms with van der Waals surface area (Å²) < 4.78 is 0. The number of benzene rings is 2. The van der Waals surface area contributed by atoms with Crippen molar-refractivity contribution in [1.82, 2.24) is 15.0 Å². The summed E-state index contributed by atoms with van der Waals surface area (Å²) in [5, 5.41) is 3.80.